The molecule has 0 aromatic carbocycles. The summed E-state index contributed by atoms with van der Waals surface area (Å²) in [5.41, 5.74) is 1.37. The van der Waals surface area contributed by atoms with Crippen LogP contribution >= 0.6 is 0 Å². The number of H-pyrrole nitrogens is 1. The number of esters is 1. The predicted molar refractivity (Wildman–Crippen MR) is 112 cm³/mol. The van der Waals surface area contributed by atoms with Crippen molar-refractivity contribution in [2.75, 3.05) is 32.7 Å². The molecule has 0 bridgehead atoms. The number of hydrogen-bond acceptors (Lipinski definition) is 5. The zero-order valence-corrected chi connectivity index (χ0v) is 17.9. The van der Waals surface area contributed by atoms with E-state index in [1.807, 2.05) is 4.90 Å². The summed E-state index contributed by atoms with van der Waals surface area (Å²) >= 11 is 0. The number of nitrogens with one attached hydrogen (secondary N) is 1. The van der Waals surface area contributed by atoms with Crippen LogP contribution in [-0.4, -0.2) is 70.7 Å². The van der Waals surface area contributed by atoms with E-state index in [-0.39, 0.29) is 23.4 Å². The van der Waals surface area contributed by atoms with Gasteiger partial charge in [0.25, 0.3) is 5.91 Å². The molecule has 1 unspecified atom stereocenters. The fourth-order valence-electron chi connectivity index (χ4n) is 6.08. The van der Waals surface area contributed by atoms with Gasteiger partial charge in [-0.15, -0.1) is 0 Å². The highest BCUT2D eigenvalue weighted by Gasteiger charge is 2.51. The molecule has 7 heteroatoms. The molecule has 0 radical (unpaired) electrons. The lowest BCUT2D eigenvalue weighted by Gasteiger charge is -2.36. The van der Waals surface area contributed by atoms with E-state index < -0.39 is 0 Å². The van der Waals surface area contributed by atoms with Crippen molar-refractivity contribution < 1.29 is 14.3 Å². The Morgan fingerprint density at radius 3 is 2.57 bits per heavy atom. The normalized spacial score (nSPS) is 27.7. The van der Waals surface area contributed by atoms with Crippen LogP contribution in [0.25, 0.3) is 0 Å². The maximum atomic E-state index is 13.2. The predicted octanol–water partition coefficient (Wildman–Crippen LogP) is 3.09. The summed E-state index contributed by atoms with van der Waals surface area (Å²) in [6.45, 7) is 4.37. The largest absolute Gasteiger partial charge is 0.461 e. The van der Waals surface area contributed by atoms with Gasteiger partial charge in [-0.1, -0.05) is 19.3 Å². The van der Waals surface area contributed by atoms with Crippen molar-refractivity contribution in [3.63, 3.8) is 0 Å². The Morgan fingerprint density at radius 1 is 1.10 bits per heavy atom. The van der Waals surface area contributed by atoms with Crippen molar-refractivity contribution in [1.82, 2.24) is 20.0 Å². The highest BCUT2D eigenvalue weighted by molar-refractivity contribution is 5.95. The van der Waals surface area contributed by atoms with E-state index in [9.17, 15) is 9.59 Å². The maximum Gasteiger partial charge on any atom is 0.312 e. The molecule has 1 amide bonds. The van der Waals surface area contributed by atoms with E-state index in [0.29, 0.717) is 31.8 Å². The number of carbonyl (C=O) groups excluding carboxylic acids is 2. The average molecular weight is 415 g/mol. The molecule has 4 aliphatic rings. The molecule has 1 aliphatic carbocycles. The van der Waals surface area contributed by atoms with Crippen LogP contribution in [0.2, 0.25) is 0 Å². The fraction of sp³-hybridized carbons (Fsp3) is 0.783. The van der Waals surface area contributed by atoms with E-state index in [1.54, 1.807) is 6.20 Å². The number of aromatic nitrogens is 2. The van der Waals surface area contributed by atoms with Crippen LogP contribution in [0, 0.1) is 5.41 Å². The van der Waals surface area contributed by atoms with Gasteiger partial charge in [0.15, 0.2) is 0 Å². The molecule has 1 spiro atoms. The minimum absolute atomic E-state index is 0.0182. The smallest absolute Gasteiger partial charge is 0.312 e. The number of rotatable bonds is 4. The number of nitrogens with zero attached hydrogens (tertiary/aromatic N) is 3. The monoisotopic (exact) mass is 414 g/mol. The quantitative estimate of drug-likeness (QED) is 0.766. The van der Waals surface area contributed by atoms with Gasteiger partial charge in [-0.05, 0) is 51.6 Å². The van der Waals surface area contributed by atoms with Gasteiger partial charge in [0.1, 0.15) is 6.10 Å². The molecular weight excluding hydrogens is 380 g/mol. The molecule has 164 valence electrons. The topological polar surface area (TPSA) is 78.5 Å². The number of aromatic amines is 1. The molecule has 5 rings (SSSR count). The van der Waals surface area contributed by atoms with Crippen LogP contribution in [0.5, 0.6) is 0 Å². The van der Waals surface area contributed by atoms with Gasteiger partial charge in [0, 0.05) is 32.0 Å². The van der Waals surface area contributed by atoms with Crippen LogP contribution in [0.3, 0.4) is 0 Å². The van der Waals surface area contributed by atoms with Crippen molar-refractivity contribution in [3.8, 4) is 0 Å². The van der Waals surface area contributed by atoms with Crippen molar-refractivity contribution in [2.24, 2.45) is 5.41 Å². The summed E-state index contributed by atoms with van der Waals surface area (Å²) in [4.78, 5) is 30.3. The van der Waals surface area contributed by atoms with Gasteiger partial charge < -0.3 is 9.64 Å². The lowest BCUT2D eigenvalue weighted by Crippen LogP contribution is -2.45. The summed E-state index contributed by atoms with van der Waals surface area (Å²) in [6, 6.07) is 0. The first-order valence-electron chi connectivity index (χ1n) is 11.9. The number of piperidine rings is 1. The summed E-state index contributed by atoms with van der Waals surface area (Å²) in [7, 11) is 0. The van der Waals surface area contributed by atoms with Gasteiger partial charge in [0.05, 0.1) is 22.9 Å². The lowest BCUT2D eigenvalue weighted by atomic mass is 9.76. The van der Waals surface area contributed by atoms with Crippen LogP contribution < -0.4 is 0 Å². The maximum absolute atomic E-state index is 13.2. The van der Waals surface area contributed by atoms with E-state index in [1.165, 1.54) is 32.1 Å². The molecule has 3 saturated heterocycles. The Morgan fingerprint density at radius 2 is 1.83 bits per heavy atom. The third kappa shape index (κ3) is 3.77. The molecule has 3 aliphatic heterocycles. The van der Waals surface area contributed by atoms with Crippen molar-refractivity contribution in [1.29, 1.82) is 0 Å². The van der Waals surface area contributed by atoms with Gasteiger partial charge in [-0.2, -0.15) is 5.10 Å². The molecule has 7 nitrogen and oxygen atoms in total. The number of ether oxygens (including phenoxy) is 1. The molecule has 1 N–H and O–H groups in total. The Balaban J connectivity index is 1.20. The first-order valence-corrected chi connectivity index (χ1v) is 11.9. The summed E-state index contributed by atoms with van der Waals surface area (Å²) in [6.07, 6.45) is 12.5. The van der Waals surface area contributed by atoms with E-state index in [0.717, 1.165) is 50.2 Å². The van der Waals surface area contributed by atoms with E-state index in [2.05, 4.69) is 15.1 Å². The van der Waals surface area contributed by atoms with E-state index >= 15 is 0 Å². The van der Waals surface area contributed by atoms with Gasteiger partial charge >= 0.3 is 5.97 Å². The van der Waals surface area contributed by atoms with Crippen molar-refractivity contribution in [2.45, 2.75) is 76.2 Å². The molecule has 4 heterocycles. The average Bonchev–Trinajstić information content (AvgIpc) is 3.51. The Labute approximate surface area is 178 Å². The molecule has 1 aromatic heterocycles. The number of hydrogen-bond donors (Lipinski definition) is 1. The zero-order valence-electron chi connectivity index (χ0n) is 17.9. The molecule has 1 saturated carbocycles. The van der Waals surface area contributed by atoms with Gasteiger partial charge in [0.2, 0.25) is 0 Å². The van der Waals surface area contributed by atoms with Gasteiger partial charge in [-0.25, -0.2) is 0 Å². The Hall–Kier alpha value is -1.89. The molecular formula is C23H34N4O3. The molecule has 1 atom stereocenters. The first kappa shape index (κ1) is 20.0. The zero-order chi connectivity index (χ0) is 20.6. The molecule has 30 heavy (non-hydrogen) atoms. The van der Waals surface area contributed by atoms with Crippen molar-refractivity contribution in [3.05, 3.63) is 17.5 Å². The Kier molecular flexibility index (Phi) is 5.56. The van der Waals surface area contributed by atoms with Crippen LogP contribution in [0.1, 0.15) is 86.2 Å². The van der Waals surface area contributed by atoms with Crippen LogP contribution in [0.4, 0.5) is 0 Å². The number of cyclic esters (lactones) is 1. The molecule has 4 fully saturated rings. The molecule has 1 aromatic rings. The second-order valence-electron chi connectivity index (χ2n) is 9.84. The second kappa shape index (κ2) is 8.33. The second-order valence-corrected chi connectivity index (χ2v) is 9.84. The highest BCUT2D eigenvalue weighted by atomic mass is 16.6. The summed E-state index contributed by atoms with van der Waals surface area (Å²) in [5.74, 6) is 0.455. The van der Waals surface area contributed by atoms with Crippen molar-refractivity contribution >= 4 is 11.9 Å². The van der Waals surface area contributed by atoms with Gasteiger partial charge in [-0.3, -0.25) is 19.6 Å². The first-order chi connectivity index (χ1) is 14.6. The highest BCUT2D eigenvalue weighted by Crippen LogP contribution is 2.44. The minimum Gasteiger partial charge on any atom is -0.461 e. The summed E-state index contributed by atoms with van der Waals surface area (Å²) < 4.78 is 5.78. The van der Waals surface area contributed by atoms with Crippen LogP contribution in [-0.2, 0) is 9.53 Å². The SMILES string of the molecule is O=C(c1cn[nH]c1C1CCCCC1)N1CCC2(CC1)CC(CN1CCCC1)OC2=O. The minimum atomic E-state index is -0.385. The third-order valence-corrected chi connectivity index (χ3v) is 7.91. The number of likely N-dealkylation sites (tertiary alicyclic amines) is 2. The lowest BCUT2D eigenvalue weighted by molar-refractivity contribution is -0.150. The third-order valence-electron chi connectivity index (χ3n) is 7.91. The van der Waals surface area contributed by atoms with Crippen LogP contribution in [0.15, 0.2) is 6.20 Å². The standard InChI is InChI=1S/C23H34N4O3/c28-21(19-15-24-25-20(19)17-6-2-1-3-7-17)27-12-8-23(9-13-27)14-18(30-22(23)29)16-26-10-4-5-11-26/h15,17-18H,1-14,16H2,(H,24,25). The number of amides is 1. The van der Waals surface area contributed by atoms with E-state index in [4.69, 9.17) is 4.74 Å². The summed E-state index contributed by atoms with van der Waals surface area (Å²) in [5, 5.41) is 7.32. The fourth-order valence-corrected chi connectivity index (χ4v) is 6.08. The number of carbonyl (C=O) groups is 2. The Bertz CT molecular complexity index is 771.